The fraction of sp³-hybridized carbons (Fsp3) is 0.316. The minimum Gasteiger partial charge on any atom is -0.497 e. The van der Waals surface area contributed by atoms with E-state index in [4.69, 9.17) is 13.9 Å². The number of nitrogens with one attached hydrogen (secondary N) is 1. The standard InChI is InChI=1S/C19H21N3O3/c1-23-15-9-14(10-16(11-15)24-2)22-8-7-13(12-22)20-19-21-17-5-3-4-6-18(17)25-19/h3-6,9-11,13H,7-8,12H2,1-2H3,(H,20,21). The Bertz CT molecular complexity index is 822. The number of anilines is 2. The molecule has 1 N–H and O–H groups in total. The normalized spacial score (nSPS) is 17.0. The molecular weight excluding hydrogens is 318 g/mol. The molecule has 0 saturated carbocycles. The summed E-state index contributed by atoms with van der Waals surface area (Å²) in [5, 5.41) is 3.41. The first-order valence-corrected chi connectivity index (χ1v) is 8.35. The molecule has 0 bridgehead atoms. The lowest BCUT2D eigenvalue weighted by Gasteiger charge is -2.20. The minimum absolute atomic E-state index is 0.283. The van der Waals surface area contributed by atoms with Crippen LogP contribution in [-0.4, -0.2) is 38.3 Å². The molecule has 4 rings (SSSR count). The van der Waals surface area contributed by atoms with Crippen molar-refractivity contribution < 1.29 is 13.9 Å². The summed E-state index contributed by atoms with van der Waals surface area (Å²) in [6.07, 6.45) is 1.01. The molecule has 0 amide bonds. The van der Waals surface area contributed by atoms with E-state index in [1.165, 1.54) is 0 Å². The zero-order chi connectivity index (χ0) is 17.2. The summed E-state index contributed by atoms with van der Waals surface area (Å²) < 4.78 is 16.5. The second-order valence-electron chi connectivity index (χ2n) is 6.13. The summed E-state index contributed by atoms with van der Waals surface area (Å²) in [5.74, 6) is 1.59. The summed E-state index contributed by atoms with van der Waals surface area (Å²) in [6.45, 7) is 1.82. The lowest BCUT2D eigenvalue weighted by Crippen LogP contribution is -2.26. The summed E-state index contributed by atoms with van der Waals surface area (Å²) in [5.41, 5.74) is 2.77. The van der Waals surface area contributed by atoms with Gasteiger partial charge in [0.15, 0.2) is 5.58 Å². The monoisotopic (exact) mass is 339 g/mol. The highest BCUT2D eigenvalue weighted by atomic mass is 16.5. The number of hydrogen-bond donors (Lipinski definition) is 1. The van der Waals surface area contributed by atoms with Crippen molar-refractivity contribution in [1.29, 1.82) is 0 Å². The lowest BCUT2D eigenvalue weighted by atomic mass is 10.2. The van der Waals surface area contributed by atoms with Gasteiger partial charge in [-0.05, 0) is 18.6 Å². The molecule has 1 atom stereocenters. The predicted octanol–water partition coefficient (Wildman–Crippen LogP) is 3.54. The largest absolute Gasteiger partial charge is 0.497 e. The summed E-state index contributed by atoms with van der Waals surface area (Å²) >= 11 is 0. The molecule has 1 aromatic heterocycles. The Hall–Kier alpha value is -2.89. The van der Waals surface area contributed by atoms with Gasteiger partial charge in [-0.3, -0.25) is 0 Å². The van der Waals surface area contributed by atoms with E-state index in [2.05, 4.69) is 15.2 Å². The number of nitrogens with zero attached hydrogens (tertiary/aromatic N) is 2. The van der Waals surface area contributed by atoms with Crippen LogP contribution in [0.4, 0.5) is 11.7 Å². The Labute approximate surface area is 146 Å². The van der Waals surface area contributed by atoms with Crippen LogP contribution in [0.25, 0.3) is 11.1 Å². The summed E-state index contributed by atoms with van der Waals surface area (Å²) in [7, 11) is 3.33. The van der Waals surface area contributed by atoms with Crippen molar-refractivity contribution in [1.82, 2.24) is 4.98 Å². The van der Waals surface area contributed by atoms with Gasteiger partial charge >= 0.3 is 0 Å². The number of aromatic nitrogens is 1. The van der Waals surface area contributed by atoms with Gasteiger partial charge in [-0.15, -0.1) is 0 Å². The Morgan fingerprint density at radius 2 is 1.88 bits per heavy atom. The van der Waals surface area contributed by atoms with Gasteiger partial charge in [-0.25, -0.2) is 0 Å². The number of para-hydroxylation sites is 2. The van der Waals surface area contributed by atoms with Crippen LogP contribution < -0.4 is 19.7 Å². The van der Waals surface area contributed by atoms with E-state index >= 15 is 0 Å². The van der Waals surface area contributed by atoms with E-state index in [1.807, 2.05) is 42.5 Å². The fourth-order valence-electron chi connectivity index (χ4n) is 3.20. The van der Waals surface area contributed by atoms with Gasteiger partial charge in [0, 0.05) is 43.0 Å². The van der Waals surface area contributed by atoms with Crippen LogP contribution in [0.5, 0.6) is 11.5 Å². The number of hydrogen-bond acceptors (Lipinski definition) is 6. The van der Waals surface area contributed by atoms with Crippen molar-refractivity contribution in [2.75, 3.05) is 37.5 Å². The molecule has 1 saturated heterocycles. The molecule has 25 heavy (non-hydrogen) atoms. The number of fused-ring (bicyclic) bond motifs is 1. The zero-order valence-electron chi connectivity index (χ0n) is 14.4. The SMILES string of the molecule is COc1cc(OC)cc(N2CCC(Nc3nc4ccccc4o3)C2)c1. The quantitative estimate of drug-likeness (QED) is 0.767. The molecule has 6 heteroatoms. The van der Waals surface area contributed by atoms with Crippen molar-refractivity contribution in [2.24, 2.45) is 0 Å². The van der Waals surface area contributed by atoms with Gasteiger partial charge in [-0.2, -0.15) is 4.98 Å². The van der Waals surface area contributed by atoms with Crippen molar-refractivity contribution in [3.05, 3.63) is 42.5 Å². The molecular formula is C19H21N3O3. The highest BCUT2D eigenvalue weighted by Crippen LogP contribution is 2.31. The molecule has 2 heterocycles. The second-order valence-corrected chi connectivity index (χ2v) is 6.13. The van der Waals surface area contributed by atoms with Crippen LogP contribution in [-0.2, 0) is 0 Å². The molecule has 2 aromatic carbocycles. The second kappa shape index (κ2) is 6.55. The maximum Gasteiger partial charge on any atom is 0.295 e. The molecule has 1 aliphatic heterocycles. The van der Waals surface area contributed by atoms with E-state index in [0.29, 0.717) is 6.01 Å². The Kier molecular flexibility index (Phi) is 4.09. The Morgan fingerprint density at radius 1 is 1.12 bits per heavy atom. The first-order valence-electron chi connectivity index (χ1n) is 8.35. The van der Waals surface area contributed by atoms with E-state index in [9.17, 15) is 0 Å². The lowest BCUT2D eigenvalue weighted by molar-refractivity contribution is 0.394. The fourth-order valence-corrected chi connectivity index (χ4v) is 3.20. The smallest absolute Gasteiger partial charge is 0.295 e. The Morgan fingerprint density at radius 3 is 2.60 bits per heavy atom. The van der Waals surface area contributed by atoms with Gasteiger partial charge < -0.3 is 24.1 Å². The van der Waals surface area contributed by atoms with E-state index in [0.717, 1.165) is 47.8 Å². The van der Waals surface area contributed by atoms with Gasteiger partial charge in [0.1, 0.15) is 17.0 Å². The third-order valence-electron chi connectivity index (χ3n) is 4.51. The third-order valence-corrected chi connectivity index (χ3v) is 4.51. The number of methoxy groups -OCH3 is 2. The average molecular weight is 339 g/mol. The van der Waals surface area contributed by atoms with Crippen LogP contribution >= 0.6 is 0 Å². The first kappa shape index (κ1) is 15.6. The topological polar surface area (TPSA) is 59.8 Å². The average Bonchev–Trinajstić information content (AvgIpc) is 3.27. The van der Waals surface area contributed by atoms with Crippen LogP contribution in [0.15, 0.2) is 46.9 Å². The van der Waals surface area contributed by atoms with Crippen molar-refractivity contribution in [2.45, 2.75) is 12.5 Å². The van der Waals surface area contributed by atoms with Crippen LogP contribution in [0.1, 0.15) is 6.42 Å². The Balaban J connectivity index is 1.47. The maximum atomic E-state index is 5.76. The van der Waals surface area contributed by atoms with E-state index < -0.39 is 0 Å². The molecule has 3 aromatic rings. The predicted molar refractivity (Wildman–Crippen MR) is 97.8 cm³/mol. The maximum absolute atomic E-state index is 5.76. The van der Waals surface area contributed by atoms with Gasteiger partial charge in [-0.1, -0.05) is 12.1 Å². The molecule has 0 radical (unpaired) electrons. The van der Waals surface area contributed by atoms with E-state index in [1.54, 1.807) is 14.2 Å². The van der Waals surface area contributed by atoms with Crippen LogP contribution in [0.3, 0.4) is 0 Å². The number of oxazole rings is 1. The van der Waals surface area contributed by atoms with Gasteiger partial charge in [0.2, 0.25) is 0 Å². The highest BCUT2D eigenvalue weighted by molar-refractivity contribution is 5.74. The van der Waals surface area contributed by atoms with Gasteiger partial charge in [0.05, 0.1) is 14.2 Å². The molecule has 1 unspecified atom stereocenters. The molecule has 1 aliphatic rings. The minimum atomic E-state index is 0.283. The van der Waals surface area contributed by atoms with Crippen molar-refractivity contribution in [3.63, 3.8) is 0 Å². The number of rotatable bonds is 5. The molecule has 1 fully saturated rings. The molecule has 130 valence electrons. The molecule has 0 aliphatic carbocycles. The van der Waals surface area contributed by atoms with Crippen LogP contribution in [0.2, 0.25) is 0 Å². The van der Waals surface area contributed by atoms with Crippen molar-refractivity contribution in [3.8, 4) is 11.5 Å². The number of benzene rings is 2. The third kappa shape index (κ3) is 3.20. The zero-order valence-corrected chi connectivity index (χ0v) is 14.4. The summed E-state index contributed by atoms with van der Waals surface area (Å²) in [4.78, 5) is 6.80. The van der Waals surface area contributed by atoms with Crippen molar-refractivity contribution >= 4 is 22.8 Å². The highest BCUT2D eigenvalue weighted by Gasteiger charge is 2.24. The van der Waals surface area contributed by atoms with E-state index in [-0.39, 0.29) is 6.04 Å². The van der Waals surface area contributed by atoms with Crippen LogP contribution in [0, 0.1) is 0 Å². The summed E-state index contributed by atoms with van der Waals surface area (Å²) in [6, 6.07) is 14.6. The molecule has 6 nitrogen and oxygen atoms in total. The first-order chi connectivity index (χ1) is 12.2. The van der Waals surface area contributed by atoms with Gasteiger partial charge in [0.25, 0.3) is 6.01 Å². The number of ether oxygens (including phenoxy) is 2. The molecule has 0 spiro atoms.